The highest BCUT2D eigenvalue weighted by atomic mass is 32.1. The number of anilines is 3. The Morgan fingerprint density at radius 3 is 1.86 bits per heavy atom. The molecule has 0 N–H and O–H groups in total. The van der Waals surface area contributed by atoms with Crippen LogP contribution in [0.3, 0.4) is 0 Å². The first kappa shape index (κ1) is 25.1. The summed E-state index contributed by atoms with van der Waals surface area (Å²) >= 11 is 1.87. The van der Waals surface area contributed by atoms with Crippen molar-refractivity contribution in [2.75, 3.05) is 4.90 Å². The van der Waals surface area contributed by atoms with Gasteiger partial charge in [0, 0.05) is 37.2 Å². The van der Waals surface area contributed by atoms with Gasteiger partial charge in [-0.2, -0.15) is 0 Å². The van der Waals surface area contributed by atoms with E-state index in [9.17, 15) is 0 Å². The van der Waals surface area contributed by atoms with Gasteiger partial charge in [-0.1, -0.05) is 109 Å². The average Bonchev–Trinajstić information content (AvgIpc) is 3.45. The number of fused-ring (bicyclic) bond motifs is 7. The van der Waals surface area contributed by atoms with Crippen LogP contribution < -0.4 is 4.90 Å². The van der Waals surface area contributed by atoms with Crippen LogP contribution in [0, 0.1) is 0 Å². The number of hydrogen-bond donors (Lipinski definition) is 0. The van der Waals surface area contributed by atoms with Crippen LogP contribution in [0.5, 0.6) is 0 Å². The van der Waals surface area contributed by atoms with E-state index in [1.54, 1.807) is 0 Å². The van der Waals surface area contributed by atoms with Crippen LogP contribution in [0.2, 0.25) is 0 Å². The van der Waals surface area contributed by atoms with Gasteiger partial charge in [-0.3, -0.25) is 0 Å². The summed E-state index contributed by atoms with van der Waals surface area (Å²) in [4.78, 5) is 2.41. The first-order valence-corrected chi connectivity index (χ1v) is 15.8. The van der Waals surface area contributed by atoms with E-state index in [1.165, 1.54) is 63.6 Å². The number of hydrogen-bond acceptors (Lipinski definition) is 2. The summed E-state index contributed by atoms with van der Waals surface area (Å²) in [5, 5.41) is 10.2. The van der Waals surface area contributed by atoms with Crippen molar-refractivity contribution in [2.24, 2.45) is 0 Å². The Kier molecular flexibility index (Phi) is 5.75. The van der Waals surface area contributed by atoms with E-state index in [1.807, 2.05) is 11.3 Å². The highest BCUT2D eigenvalue weighted by Crippen LogP contribution is 2.42. The third-order valence-electron chi connectivity index (χ3n) is 8.78. The molecule has 0 unspecified atom stereocenters. The fourth-order valence-corrected chi connectivity index (χ4v) is 7.76. The largest absolute Gasteiger partial charge is 0.310 e. The third kappa shape index (κ3) is 4.15. The van der Waals surface area contributed by atoms with Gasteiger partial charge in [-0.05, 0) is 98.0 Å². The van der Waals surface area contributed by atoms with Crippen LogP contribution in [0.4, 0.5) is 17.1 Å². The van der Waals surface area contributed by atoms with Crippen molar-refractivity contribution in [3.63, 3.8) is 0 Å². The number of nitrogens with zero attached hydrogens (tertiary/aromatic N) is 1. The summed E-state index contributed by atoms with van der Waals surface area (Å²) in [5.41, 5.74) is 5.82. The Balaban J connectivity index is 1.28. The summed E-state index contributed by atoms with van der Waals surface area (Å²) < 4.78 is 2.67. The second kappa shape index (κ2) is 10.1. The molecule has 0 atom stereocenters. The third-order valence-corrected chi connectivity index (χ3v) is 9.91. The van der Waals surface area contributed by atoms with Crippen molar-refractivity contribution in [1.82, 2.24) is 0 Å². The molecule has 44 heavy (non-hydrogen) atoms. The number of rotatable bonds is 4. The van der Waals surface area contributed by atoms with Gasteiger partial charge in [0.2, 0.25) is 0 Å². The minimum absolute atomic E-state index is 1.13. The maximum absolute atomic E-state index is 2.41. The van der Waals surface area contributed by atoms with Crippen molar-refractivity contribution in [3.05, 3.63) is 164 Å². The molecule has 0 radical (unpaired) electrons. The standard InChI is InChI=1S/C42H27NS/c1-2-9-28(10-3-1)31-12-8-13-34(23-31)43(36-21-19-30-18-17-29-11-4-5-14-37(29)39(30)27-36)35-22-20-32-26-42-40(25-33(32)24-35)38-15-6-7-16-41(38)44-42/h1-27H. The normalized spacial score (nSPS) is 11.6. The van der Waals surface area contributed by atoms with E-state index in [0.717, 1.165) is 17.1 Å². The summed E-state index contributed by atoms with van der Waals surface area (Å²) in [6.07, 6.45) is 0. The van der Waals surface area contributed by atoms with Gasteiger partial charge in [0.1, 0.15) is 0 Å². The van der Waals surface area contributed by atoms with Crippen molar-refractivity contribution >= 4 is 80.9 Å². The topological polar surface area (TPSA) is 3.24 Å². The first-order chi connectivity index (χ1) is 21.8. The Morgan fingerprint density at radius 1 is 0.318 bits per heavy atom. The molecule has 0 aliphatic carbocycles. The molecule has 2 heteroatoms. The van der Waals surface area contributed by atoms with E-state index in [4.69, 9.17) is 0 Å². The molecule has 0 spiro atoms. The van der Waals surface area contributed by atoms with Crippen LogP contribution in [0.1, 0.15) is 0 Å². The van der Waals surface area contributed by atoms with E-state index < -0.39 is 0 Å². The van der Waals surface area contributed by atoms with Crippen LogP contribution in [-0.2, 0) is 0 Å². The molecule has 1 heterocycles. The quantitative estimate of drug-likeness (QED) is 0.188. The highest BCUT2D eigenvalue weighted by Gasteiger charge is 2.16. The Bertz CT molecular complexity index is 2510. The molecule has 0 aliphatic rings. The highest BCUT2D eigenvalue weighted by molar-refractivity contribution is 7.25. The lowest BCUT2D eigenvalue weighted by Gasteiger charge is -2.27. The van der Waals surface area contributed by atoms with Crippen LogP contribution in [0.15, 0.2) is 164 Å². The lowest BCUT2D eigenvalue weighted by atomic mass is 10.00. The van der Waals surface area contributed by atoms with Crippen molar-refractivity contribution in [3.8, 4) is 11.1 Å². The predicted molar refractivity (Wildman–Crippen MR) is 192 cm³/mol. The second-order valence-electron chi connectivity index (χ2n) is 11.4. The van der Waals surface area contributed by atoms with Crippen molar-refractivity contribution in [2.45, 2.75) is 0 Å². The molecular weight excluding hydrogens is 551 g/mol. The molecule has 1 aromatic heterocycles. The van der Waals surface area contributed by atoms with Gasteiger partial charge in [0.15, 0.2) is 0 Å². The maximum atomic E-state index is 2.41. The summed E-state index contributed by atoms with van der Waals surface area (Å²) in [6, 6.07) is 59.9. The molecular formula is C42H27NS. The molecule has 0 aliphatic heterocycles. The number of benzene rings is 8. The van der Waals surface area contributed by atoms with Gasteiger partial charge >= 0.3 is 0 Å². The minimum atomic E-state index is 1.13. The van der Waals surface area contributed by atoms with Crippen LogP contribution in [-0.4, -0.2) is 0 Å². The molecule has 8 aromatic carbocycles. The molecule has 0 amide bonds. The van der Waals surface area contributed by atoms with Crippen molar-refractivity contribution in [1.29, 1.82) is 0 Å². The smallest absolute Gasteiger partial charge is 0.0468 e. The number of thiophene rings is 1. The zero-order valence-electron chi connectivity index (χ0n) is 23.9. The SMILES string of the molecule is c1ccc(-c2cccc(N(c3ccc4cc5sc6ccccc6c5cc4c3)c3ccc4ccc5ccccc5c4c3)c2)cc1. The second-order valence-corrected chi connectivity index (χ2v) is 12.5. The predicted octanol–water partition coefficient (Wildman–Crippen LogP) is 12.7. The van der Waals surface area contributed by atoms with Gasteiger partial charge in [0.05, 0.1) is 0 Å². The van der Waals surface area contributed by atoms with E-state index >= 15 is 0 Å². The molecule has 9 rings (SSSR count). The molecule has 0 bridgehead atoms. The Labute approximate surface area is 259 Å². The lowest BCUT2D eigenvalue weighted by molar-refractivity contribution is 1.29. The Morgan fingerprint density at radius 2 is 0.977 bits per heavy atom. The van der Waals surface area contributed by atoms with Gasteiger partial charge in [-0.15, -0.1) is 11.3 Å². The summed E-state index contributed by atoms with van der Waals surface area (Å²) in [5.74, 6) is 0. The molecule has 206 valence electrons. The monoisotopic (exact) mass is 577 g/mol. The molecule has 0 saturated carbocycles. The van der Waals surface area contributed by atoms with E-state index in [0.29, 0.717) is 0 Å². The van der Waals surface area contributed by atoms with Crippen LogP contribution in [0.25, 0.3) is 63.6 Å². The lowest BCUT2D eigenvalue weighted by Crippen LogP contribution is -2.10. The van der Waals surface area contributed by atoms with E-state index in [-0.39, 0.29) is 0 Å². The fourth-order valence-electron chi connectivity index (χ4n) is 6.63. The van der Waals surface area contributed by atoms with Gasteiger partial charge in [-0.25, -0.2) is 0 Å². The summed E-state index contributed by atoms with van der Waals surface area (Å²) in [6.45, 7) is 0. The first-order valence-electron chi connectivity index (χ1n) is 15.0. The summed E-state index contributed by atoms with van der Waals surface area (Å²) in [7, 11) is 0. The van der Waals surface area contributed by atoms with E-state index in [2.05, 4.69) is 169 Å². The van der Waals surface area contributed by atoms with Crippen molar-refractivity contribution < 1.29 is 0 Å². The minimum Gasteiger partial charge on any atom is -0.310 e. The molecule has 1 nitrogen and oxygen atoms in total. The molecule has 0 fully saturated rings. The van der Waals surface area contributed by atoms with Crippen LogP contribution >= 0.6 is 11.3 Å². The zero-order chi connectivity index (χ0) is 29.0. The van der Waals surface area contributed by atoms with Gasteiger partial charge < -0.3 is 4.90 Å². The zero-order valence-corrected chi connectivity index (χ0v) is 24.8. The van der Waals surface area contributed by atoms with Gasteiger partial charge in [0.25, 0.3) is 0 Å². The maximum Gasteiger partial charge on any atom is 0.0468 e. The molecule has 0 saturated heterocycles. The molecule has 9 aromatic rings. The average molecular weight is 578 g/mol. The fraction of sp³-hybridized carbons (Fsp3) is 0. The Hall–Kier alpha value is -5.44.